The maximum atomic E-state index is 3.98. The summed E-state index contributed by atoms with van der Waals surface area (Å²) < 4.78 is 0. The van der Waals surface area contributed by atoms with Crippen LogP contribution < -0.4 is 0 Å². The largest absolute Gasteiger partial charge is 0.0991 e. The lowest BCUT2D eigenvalue weighted by atomic mass is 9.96. The SMILES string of the molecule is C=C/C=C(\C)c1ccccc1C(=C)C. The van der Waals surface area contributed by atoms with Gasteiger partial charge in [-0.05, 0) is 30.5 Å². The Bertz CT molecular complexity index is 381. The van der Waals surface area contributed by atoms with E-state index in [2.05, 4.69) is 32.2 Å². The lowest BCUT2D eigenvalue weighted by molar-refractivity contribution is 1.49. The standard InChI is InChI=1S/C14H16/c1-5-8-12(4)14-10-7-6-9-13(14)11(2)3/h5-10H,1-2H2,3-4H3/b12-8+. The summed E-state index contributed by atoms with van der Waals surface area (Å²) in [6.07, 6.45) is 3.83. The quantitative estimate of drug-likeness (QED) is 0.614. The summed E-state index contributed by atoms with van der Waals surface area (Å²) in [5.41, 5.74) is 4.76. The summed E-state index contributed by atoms with van der Waals surface area (Å²) >= 11 is 0. The van der Waals surface area contributed by atoms with Crippen LogP contribution in [0.4, 0.5) is 0 Å². The fourth-order valence-electron chi connectivity index (χ4n) is 1.47. The first-order valence-electron chi connectivity index (χ1n) is 4.71. The van der Waals surface area contributed by atoms with E-state index in [0.29, 0.717) is 0 Å². The van der Waals surface area contributed by atoms with Crippen molar-refractivity contribution in [2.75, 3.05) is 0 Å². The second-order valence-corrected chi connectivity index (χ2v) is 3.41. The highest BCUT2D eigenvalue weighted by Crippen LogP contribution is 2.23. The van der Waals surface area contributed by atoms with Crippen molar-refractivity contribution in [1.82, 2.24) is 0 Å². The lowest BCUT2D eigenvalue weighted by Crippen LogP contribution is -1.87. The van der Waals surface area contributed by atoms with Gasteiger partial charge in [0.05, 0.1) is 0 Å². The second kappa shape index (κ2) is 4.61. The van der Waals surface area contributed by atoms with Gasteiger partial charge in [0, 0.05) is 0 Å². The van der Waals surface area contributed by atoms with Crippen LogP contribution in [0.3, 0.4) is 0 Å². The van der Waals surface area contributed by atoms with Crippen molar-refractivity contribution in [1.29, 1.82) is 0 Å². The van der Waals surface area contributed by atoms with Gasteiger partial charge in [0.1, 0.15) is 0 Å². The molecule has 14 heavy (non-hydrogen) atoms. The lowest BCUT2D eigenvalue weighted by Gasteiger charge is -2.08. The zero-order valence-electron chi connectivity index (χ0n) is 8.88. The molecule has 72 valence electrons. The highest BCUT2D eigenvalue weighted by Gasteiger charge is 2.02. The van der Waals surface area contributed by atoms with Gasteiger partial charge in [-0.15, -0.1) is 0 Å². The van der Waals surface area contributed by atoms with Crippen molar-refractivity contribution >= 4 is 11.1 Å². The summed E-state index contributed by atoms with van der Waals surface area (Å²) in [7, 11) is 0. The Labute approximate surface area is 86.3 Å². The van der Waals surface area contributed by atoms with Crippen molar-refractivity contribution in [2.24, 2.45) is 0 Å². The average molecular weight is 184 g/mol. The van der Waals surface area contributed by atoms with Gasteiger partial charge < -0.3 is 0 Å². The monoisotopic (exact) mass is 184 g/mol. The Morgan fingerprint density at radius 2 is 1.71 bits per heavy atom. The number of hydrogen-bond donors (Lipinski definition) is 0. The normalized spacial score (nSPS) is 11.1. The first-order chi connectivity index (χ1) is 6.66. The maximum absolute atomic E-state index is 3.98. The third-order valence-corrected chi connectivity index (χ3v) is 2.18. The second-order valence-electron chi connectivity index (χ2n) is 3.41. The van der Waals surface area contributed by atoms with Crippen molar-refractivity contribution < 1.29 is 0 Å². The van der Waals surface area contributed by atoms with Crippen LogP contribution in [0.25, 0.3) is 11.1 Å². The van der Waals surface area contributed by atoms with Gasteiger partial charge in [-0.1, -0.05) is 55.1 Å². The Morgan fingerprint density at radius 1 is 1.14 bits per heavy atom. The van der Waals surface area contributed by atoms with E-state index in [0.717, 1.165) is 5.57 Å². The van der Waals surface area contributed by atoms with Crippen LogP contribution in [-0.4, -0.2) is 0 Å². The van der Waals surface area contributed by atoms with Crippen LogP contribution in [-0.2, 0) is 0 Å². The smallest absolute Gasteiger partial charge is 0.0152 e. The zero-order valence-corrected chi connectivity index (χ0v) is 8.88. The van der Waals surface area contributed by atoms with E-state index in [1.165, 1.54) is 16.7 Å². The highest BCUT2D eigenvalue weighted by atomic mass is 14.1. The molecule has 0 aliphatic heterocycles. The van der Waals surface area contributed by atoms with Gasteiger partial charge in [-0.2, -0.15) is 0 Å². The molecule has 0 unspecified atom stereocenters. The predicted octanol–water partition coefficient (Wildman–Crippen LogP) is 4.31. The Balaban J connectivity index is 3.26. The molecule has 1 rings (SSSR count). The fraction of sp³-hybridized carbons (Fsp3) is 0.143. The van der Waals surface area contributed by atoms with Crippen LogP contribution in [0.2, 0.25) is 0 Å². The van der Waals surface area contributed by atoms with Crippen molar-refractivity contribution in [2.45, 2.75) is 13.8 Å². The fourth-order valence-corrected chi connectivity index (χ4v) is 1.47. The van der Waals surface area contributed by atoms with Crippen molar-refractivity contribution in [3.63, 3.8) is 0 Å². The van der Waals surface area contributed by atoms with Crippen LogP contribution >= 0.6 is 0 Å². The van der Waals surface area contributed by atoms with Crippen LogP contribution in [0, 0.1) is 0 Å². The number of benzene rings is 1. The van der Waals surface area contributed by atoms with E-state index in [-0.39, 0.29) is 0 Å². The zero-order chi connectivity index (χ0) is 10.6. The average Bonchev–Trinajstić information content (AvgIpc) is 2.18. The van der Waals surface area contributed by atoms with Crippen LogP contribution in [0.5, 0.6) is 0 Å². The molecule has 0 aromatic heterocycles. The minimum Gasteiger partial charge on any atom is -0.0991 e. The van der Waals surface area contributed by atoms with Gasteiger partial charge >= 0.3 is 0 Å². The Hall–Kier alpha value is -1.56. The molecule has 0 nitrogen and oxygen atoms in total. The third-order valence-electron chi connectivity index (χ3n) is 2.18. The Kier molecular flexibility index (Phi) is 3.47. The first kappa shape index (κ1) is 10.5. The first-order valence-corrected chi connectivity index (χ1v) is 4.71. The van der Waals surface area contributed by atoms with E-state index in [1.54, 1.807) is 0 Å². The molecule has 0 atom stereocenters. The summed E-state index contributed by atoms with van der Waals surface area (Å²) in [6, 6.07) is 8.29. The van der Waals surface area contributed by atoms with E-state index in [4.69, 9.17) is 0 Å². The predicted molar refractivity (Wildman–Crippen MR) is 65.0 cm³/mol. The molecule has 0 heteroatoms. The molecule has 1 aromatic carbocycles. The molecule has 0 spiro atoms. The molecular formula is C14H16. The maximum Gasteiger partial charge on any atom is -0.0152 e. The van der Waals surface area contributed by atoms with Gasteiger partial charge in [0.25, 0.3) is 0 Å². The molecule has 0 saturated carbocycles. The molecule has 0 N–H and O–H groups in total. The summed E-state index contributed by atoms with van der Waals surface area (Å²) in [4.78, 5) is 0. The van der Waals surface area contributed by atoms with E-state index in [1.807, 2.05) is 31.2 Å². The van der Waals surface area contributed by atoms with Gasteiger partial charge in [0.2, 0.25) is 0 Å². The minimum absolute atomic E-state index is 1.09. The van der Waals surface area contributed by atoms with E-state index in [9.17, 15) is 0 Å². The molecule has 0 bridgehead atoms. The molecular weight excluding hydrogens is 168 g/mol. The van der Waals surface area contributed by atoms with Gasteiger partial charge in [-0.25, -0.2) is 0 Å². The molecule has 0 saturated heterocycles. The number of allylic oxidation sites excluding steroid dienone is 4. The van der Waals surface area contributed by atoms with Gasteiger partial charge in [0.15, 0.2) is 0 Å². The summed E-state index contributed by atoms with van der Waals surface area (Å²) in [6.45, 7) is 11.8. The van der Waals surface area contributed by atoms with E-state index < -0.39 is 0 Å². The molecule has 0 aliphatic carbocycles. The summed E-state index contributed by atoms with van der Waals surface area (Å²) in [5.74, 6) is 0. The van der Waals surface area contributed by atoms with Crippen LogP contribution in [0.1, 0.15) is 25.0 Å². The molecule has 0 fully saturated rings. The van der Waals surface area contributed by atoms with E-state index >= 15 is 0 Å². The number of hydrogen-bond acceptors (Lipinski definition) is 0. The molecule has 0 aliphatic rings. The molecule has 0 amide bonds. The molecule has 0 radical (unpaired) electrons. The van der Waals surface area contributed by atoms with Gasteiger partial charge in [-0.3, -0.25) is 0 Å². The minimum atomic E-state index is 1.09. The number of rotatable bonds is 3. The topological polar surface area (TPSA) is 0 Å². The van der Waals surface area contributed by atoms with Crippen molar-refractivity contribution in [3.8, 4) is 0 Å². The third kappa shape index (κ3) is 2.23. The van der Waals surface area contributed by atoms with Crippen LogP contribution in [0.15, 0.2) is 49.6 Å². The highest BCUT2D eigenvalue weighted by molar-refractivity contribution is 5.77. The Morgan fingerprint density at radius 3 is 2.21 bits per heavy atom. The van der Waals surface area contributed by atoms with Crippen molar-refractivity contribution in [3.05, 3.63) is 60.7 Å². The summed E-state index contributed by atoms with van der Waals surface area (Å²) in [5, 5.41) is 0. The molecule has 1 aromatic rings. The molecule has 0 heterocycles.